The number of aromatic amines is 1. The highest BCUT2D eigenvalue weighted by Crippen LogP contribution is 2.41. The van der Waals surface area contributed by atoms with Crippen LogP contribution in [0.4, 0.5) is 4.39 Å². The van der Waals surface area contributed by atoms with Crippen molar-refractivity contribution in [3.05, 3.63) is 75.3 Å². The summed E-state index contributed by atoms with van der Waals surface area (Å²) in [6.45, 7) is 7.58. The molecule has 0 bridgehead atoms. The van der Waals surface area contributed by atoms with Crippen LogP contribution in [0.3, 0.4) is 0 Å². The molecule has 1 aromatic heterocycles. The van der Waals surface area contributed by atoms with E-state index in [1.165, 1.54) is 37.4 Å². The minimum atomic E-state index is -1.22. The Morgan fingerprint density at radius 3 is 2.41 bits per heavy atom. The number of halogens is 1. The molecule has 0 unspecified atom stereocenters. The number of ether oxygens (including phenoxy) is 2. The van der Waals surface area contributed by atoms with E-state index in [2.05, 4.69) is 25.8 Å². The Balaban J connectivity index is 2.25. The largest absolute Gasteiger partial charge is 0.493 e. The summed E-state index contributed by atoms with van der Waals surface area (Å²) in [5, 5.41) is 19.3. The third-order valence-electron chi connectivity index (χ3n) is 5.18. The minimum Gasteiger partial charge on any atom is -0.493 e. The second kappa shape index (κ2) is 9.14. The van der Waals surface area contributed by atoms with Crippen molar-refractivity contribution in [2.75, 3.05) is 13.7 Å². The number of benzene rings is 2. The van der Waals surface area contributed by atoms with E-state index in [4.69, 9.17) is 9.47 Å². The highest BCUT2D eigenvalue weighted by atomic mass is 19.1. The van der Waals surface area contributed by atoms with E-state index in [1.807, 2.05) is 19.1 Å². The molecule has 32 heavy (non-hydrogen) atoms. The molecule has 2 aromatic carbocycles. The van der Waals surface area contributed by atoms with Crippen LogP contribution in [0.15, 0.2) is 47.3 Å². The molecule has 0 saturated carbocycles. The average Bonchev–Trinajstić information content (AvgIpc) is 2.72. The first-order valence-electron chi connectivity index (χ1n) is 10.2. The molecule has 1 heterocycles. The second-order valence-corrected chi connectivity index (χ2v) is 8.70. The van der Waals surface area contributed by atoms with Crippen molar-refractivity contribution in [1.29, 1.82) is 0 Å². The van der Waals surface area contributed by atoms with Gasteiger partial charge < -0.3 is 24.7 Å². The normalized spacial score (nSPS) is 12.5. The van der Waals surface area contributed by atoms with Crippen molar-refractivity contribution >= 4 is 0 Å². The number of methoxy groups -OCH3 is 1. The standard InChI is InChI=1S/C25H28FNO5/c1-14-8-15(25(2,3)4)9-23(32-21-7-6-16(26)10-22(21)31-5)24(14)19-12-17(29)11-18(27-19)20(30)13-28/h6-12,20,28,30H,13H2,1-5H3,(H,27,29)/t20-/m1/s1. The zero-order valence-corrected chi connectivity index (χ0v) is 18.8. The summed E-state index contributed by atoms with van der Waals surface area (Å²) in [6.07, 6.45) is -1.22. The van der Waals surface area contributed by atoms with Gasteiger partial charge in [-0.3, -0.25) is 4.79 Å². The lowest BCUT2D eigenvalue weighted by Crippen LogP contribution is -2.13. The number of hydrogen-bond acceptors (Lipinski definition) is 5. The first-order valence-corrected chi connectivity index (χ1v) is 10.2. The maximum Gasteiger partial charge on any atom is 0.182 e. The van der Waals surface area contributed by atoms with Crippen LogP contribution in [0.2, 0.25) is 0 Å². The molecule has 3 rings (SSSR count). The van der Waals surface area contributed by atoms with Crippen LogP contribution in [0.5, 0.6) is 17.2 Å². The van der Waals surface area contributed by atoms with Gasteiger partial charge in [-0.2, -0.15) is 0 Å². The van der Waals surface area contributed by atoms with Crippen molar-refractivity contribution < 1.29 is 24.1 Å². The smallest absolute Gasteiger partial charge is 0.182 e. The molecule has 0 saturated heterocycles. The summed E-state index contributed by atoms with van der Waals surface area (Å²) in [5.41, 5.74) is 2.55. The Bertz CT molecular complexity index is 1180. The number of hydrogen-bond donors (Lipinski definition) is 3. The van der Waals surface area contributed by atoms with Gasteiger partial charge in [-0.15, -0.1) is 0 Å². The van der Waals surface area contributed by atoms with Gasteiger partial charge >= 0.3 is 0 Å². The molecular formula is C25H28FNO5. The fraction of sp³-hybridized carbons (Fsp3) is 0.320. The van der Waals surface area contributed by atoms with Gasteiger partial charge in [0.25, 0.3) is 0 Å². The summed E-state index contributed by atoms with van der Waals surface area (Å²) in [5.74, 6) is 0.525. The van der Waals surface area contributed by atoms with Crippen LogP contribution >= 0.6 is 0 Å². The van der Waals surface area contributed by atoms with Gasteiger partial charge in [0.05, 0.1) is 25.1 Å². The fourth-order valence-electron chi connectivity index (χ4n) is 3.44. The second-order valence-electron chi connectivity index (χ2n) is 8.70. The maximum atomic E-state index is 13.7. The van der Waals surface area contributed by atoms with Gasteiger partial charge in [0.2, 0.25) is 0 Å². The van der Waals surface area contributed by atoms with Crippen molar-refractivity contribution in [2.24, 2.45) is 0 Å². The Morgan fingerprint density at radius 2 is 1.78 bits per heavy atom. The van der Waals surface area contributed by atoms with Gasteiger partial charge in [-0.25, -0.2) is 4.39 Å². The van der Waals surface area contributed by atoms with E-state index in [0.29, 0.717) is 22.8 Å². The molecule has 6 nitrogen and oxygen atoms in total. The fourth-order valence-corrected chi connectivity index (χ4v) is 3.44. The quantitative estimate of drug-likeness (QED) is 0.519. The molecule has 0 aliphatic rings. The van der Waals surface area contributed by atoms with Gasteiger partial charge in [-0.1, -0.05) is 26.8 Å². The predicted octanol–water partition coefficient (Wildman–Crippen LogP) is 4.61. The van der Waals surface area contributed by atoms with E-state index in [0.717, 1.165) is 11.1 Å². The third kappa shape index (κ3) is 5.00. The molecule has 0 aliphatic carbocycles. The highest BCUT2D eigenvalue weighted by molar-refractivity contribution is 5.73. The Morgan fingerprint density at radius 1 is 1.06 bits per heavy atom. The molecule has 3 N–H and O–H groups in total. The van der Waals surface area contributed by atoms with Crippen LogP contribution in [0.1, 0.15) is 43.7 Å². The number of aliphatic hydroxyl groups excluding tert-OH is 2. The molecule has 7 heteroatoms. The van der Waals surface area contributed by atoms with E-state index in [-0.39, 0.29) is 22.3 Å². The summed E-state index contributed by atoms with van der Waals surface area (Å²) in [6, 6.07) is 10.5. The average molecular weight is 441 g/mol. The van der Waals surface area contributed by atoms with Crippen molar-refractivity contribution in [3.8, 4) is 28.5 Å². The van der Waals surface area contributed by atoms with Gasteiger partial charge in [0.1, 0.15) is 17.7 Å². The topological polar surface area (TPSA) is 91.8 Å². The van der Waals surface area contributed by atoms with Gasteiger partial charge in [-0.05, 0) is 41.7 Å². The number of rotatable bonds is 6. The molecule has 0 amide bonds. The lowest BCUT2D eigenvalue weighted by atomic mass is 9.84. The summed E-state index contributed by atoms with van der Waals surface area (Å²) in [4.78, 5) is 15.4. The highest BCUT2D eigenvalue weighted by Gasteiger charge is 2.22. The Labute approximate surface area is 186 Å². The molecule has 170 valence electrons. The van der Waals surface area contributed by atoms with E-state index >= 15 is 0 Å². The minimum absolute atomic E-state index is 0.184. The number of aryl methyl sites for hydroxylation is 1. The van der Waals surface area contributed by atoms with Crippen LogP contribution in [-0.4, -0.2) is 28.9 Å². The first-order chi connectivity index (χ1) is 15.0. The number of pyridine rings is 1. The molecule has 0 fully saturated rings. The van der Waals surface area contributed by atoms with Gasteiger partial charge in [0, 0.05) is 23.8 Å². The van der Waals surface area contributed by atoms with Gasteiger partial charge in [0.15, 0.2) is 16.9 Å². The number of nitrogens with one attached hydrogen (secondary N) is 1. The molecule has 3 aromatic rings. The zero-order valence-electron chi connectivity index (χ0n) is 18.8. The maximum absolute atomic E-state index is 13.7. The summed E-state index contributed by atoms with van der Waals surface area (Å²) < 4.78 is 25.2. The number of aromatic nitrogens is 1. The van der Waals surface area contributed by atoms with Crippen molar-refractivity contribution in [1.82, 2.24) is 4.98 Å². The predicted molar refractivity (Wildman–Crippen MR) is 121 cm³/mol. The SMILES string of the molecule is COc1cc(F)ccc1Oc1cc(C(C)(C)C)cc(C)c1-c1cc(=O)cc([C@H](O)CO)[nH]1. The summed E-state index contributed by atoms with van der Waals surface area (Å²) in [7, 11) is 1.43. The van der Waals surface area contributed by atoms with Crippen molar-refractivity contribution in [3.63, 3.8) is 0 Å². The molecule has 0 spiro atoms. The number of H-pyrrole nitrogens is 1. The van der Waals surface area contributed by atoms with Crippen molar-refractivity contribution in [2.45, 2.75) is 39.2 Å². The molecular weight excluding hydrogens is 413 g/mol. The van der Waals surface area contributed by atoms with Crippen LogP contribution < -0.4 is 14.9 Å². The Kier molecular flexibility index (Phi) is 6.71. The zero-order chi connectivity index (χ0) is 23.6. The van der Waals surface area contributed by atoms with E-state index in [9.17, 15) is 19.4 Å². The monoisotopic (exact) mass is 441 g/mol. The first kappa shape index (κ1) is 23.5. The van der Waals surface area contributed by atoms with Crippen LogP contribution in [0, 0.1) is 12.7 Å². The summed E-state index contributed by atoms with van der Waals surface area (Å²) >= 11 is 0. The molecule has 0 aliphatic heterocycles. The van der Waals surface area contributed by atoms with Crippen LogP contribution in [-0.2, 0) is 5.41 Å². The van der Waals surface area contributed by atoms with E-state index < -0.39 is 18.5 Å². The number of aliphatic hydroxyl groups is 2. The van der Waals surface area contributed by atoms with Crippen LogP contribution in [0.25, 0.3) is 11.3 Å². The third-order valence-corrected chi connectivity index (χ3v) is 5.18. The molecule has 1 atom stereocenters. The lowest BCUT2D eigenvalue weighted by molar-refractivity contribution is 0.0923. The lowest BCUT2D eigenvalue weighted by Gasteiger charge is -2.24. The van der Waals surface area contributed by atoms with E-state index in [1.54, 1.807) is 0 Å². The molecule has 0 radical (unpaired) electrons. The Hall–Kier alpha value is -3.16.